The van der Waals surface area contributed by atoms with Crippen LogP contribution in [0.1, 0.15) is 65.7 Å². The van der Waals surface area contributed by atoms with E-state index in [9.17, 15) is 27.9 Å². The number of hydrogen-bond donors (Lipinski definition) is 3. The summed E-state index contributed by atoms with van der Waals surface area (Å²) in [5, 5.41) is 21.7. The van der Waals surface area contributed by atoms with Crippen molar-refractivity contribution in [3.05, 3.63) is 65.0 Å². The Balaban J connectivity index is 0.000000209. The Morgan fingerprint density at radius 1 is 1.19 bits per heavy atom. The van der Waals surface area contributed by atoms with Crippen LogP contribution in [0.15, 0.2) is 42.6 Å². The van der Waals surface area contributed by atoms with Crippen LogP contribution in [0, 0.1) is 11.3 Å². The van der Waals surface area contributed by atoms with Gasteiger partial charge in [0.2, 0.25) is 5.91 Å². The molecule has 8 nitrogen and oxygen atoms in total. The number of nitrogens with zero attached hydrogens (tertiary/aromatic N) is 3. The van der Waals surface area contributed by atoms with Crippen LogP contribution >= 0.6 is 0 Å². The molecule has 2 aliphatic rings. The lowest BCUT2D eigenvalue weighted by molar-refractivity contribution is -0.137. The Labute approximate surface area is 213 Å². The van der Waals surface area contributed by atoms with E-state index in [1.165, 1.54) is 32.0 Å². The van der Waals surface area contributed by atoms with Crippen LogP contribution in [0.3, 0.4) is 0 Å². The summed E-state index contributed by atoms with van der Waals surface area (Å²) in [5.74, 6) is -1.56. The Morgan fingerprint density at radius 2 is 1.86 bits per heavy atom. The predicted octanol–water partition coefficient (Wildman–Crippen LogP) is 3.10. The van der Waals surface area contributed by atoms with E-state index in [2.05, 4.69) is 21.3 Å². The molecule has 1 saturated heterocycles. The first-order valence-electron chi connectivity index (χ1n) is 12.1. The molecular formula is C26H30F3N5O3. The normalized spacial score (nSPS) is 21.9. The number of hydrogen-bond acceptors (Lipinski definition) is 6. The molecule has 1 aromatic heterocycles. The zero-order chi connectivity index (χ0) is 27.1. The Hall–Kier alpha value is -3.49. The monoisotopic (exact) mass is 517 g/mol. The first kappa shape index (κ1) is 28.1. The predicted molar refractivity (Wildman–Crippen MR) is 129 cm³/mol. The molecule has 0 radical (unpaired) electrons. The number of primary amides is 1. The van der Waals surface area contributed by atoms with Crippen LogP contribution in [0.25, 0.3) is 0 Å². The van der Waals surface area contributed by atoms with E-state index in [-0.39, 0.29) is 5.56 Å². The molecule has 4 N–H and O–H groups in total. The van der Waals surface area contributed by atoms with Gasteiger partial charge in [0.05, 0.1) is 23.4 Å². The van der Waals surface area contributed by atoms with Crippen molar-refractivity contribution < 1.29 is 27.9 Å². The van der Waals surface area contributed by atoms with Crippen molar-refractivity contribution in [2.45, 2.75) is 56.3 Å². The van der Waals surface area contributed by atoms with Crippen molar-refractivity contribution in [3.63, 3.8) is 0 Å². The number of alkyl halides is 3. The van der Waals surface area contributed by atoms with Gasteiger partial charge < -0.3 is 21.1 Å². The number of nitrogens with two attached hydrogens (primary N) is 1. The lowest BCUT2D eigenvalue weighted by atomic mass is 9.79. The molecule has 4 rings (SSSR count). The number of halogens is 3. The fraction of sp³-hybridized carbons (Fsp3) is 0.462. The maximum Gasteiger partial charge on any atom is 0.416 e. The summed E-state index contributed by atoms with van der Waals surface area (Å²) >= 11 is 0. The van der Waals surface area contributed by atoms with Crippen LogP contribution in [0.5, 0.6) is 0 Å². The number of pyridine rings is 1. The molecule has 1 aliphatic heterocycles. The number of aromatic nitrogens is 1. The molecule has 2 fully saturated rings. The Kier molecular flexibility index (Phi) is 9.23. The third-order valence-corrected chi connectivity index (χ3v) is 6.68. The maximum atomic E-state index is 12.3. The highest BCUT2D eigenvalue weighted by atomic mass is 19.4. The number of rotatable bonds is 5. The lowest BCUT2D eigenvalue weighted by Gasteiger charge is -2.39. The number of nitriles is 1. The SMILES string of the molecule is N#Cc1ccc(C2(O)CCC(N3CCCC3)CC2)nc1.NC(=O)CNC(=O)c1cccc(C(F)(F)F)c1. The summed E-state index contributed by atoms with van der Waals surface area (Å²) in [6.07, 6.45) is 3.30. The molecule has 1 saturated carbocycles. The van der Waals surface area contributed by atoms with E-state index in [0.29, 0.717) is 17.7 Å². The highest BCUT2D eigenvalue weighted by molar-refractivity contribution is 5.96. The molecule has 1 aromatic carbocycles. The zero-order valence-electron chi connectivity index (χ0n) is 20.3. The van der Waals surface area contributed by atoms with Crippen LogP contribution < -0.4 is 11.1 Å². The molecule has 2 heterocycles. The van der Waals surface area contributed by atoms with Gasteiger partial charge in [-0.1, -0.05) is 6.07 Å². The van der Waals surface area contributed by atoms with Gasteiger partial charge in [0, 0.05) is 17.8 Å². The van der Waals surface area contributed by atoms with Crippen molar-refractivity contribution in [2.24, 2.45) is 5.73 Å². The number of benzene rings is 1. The third-order valence-electron chi connectivity index (χ3n) is 6.68. The zero-order valence-corrected chi connectivity index (χ0v) is 20.3. The van der Waals surface area contributed by atoms with Gasteiger partial charge in [0.15, 0.2) is 0 Å². The molecule has 11 heteroatoms. The molecule has 0 unspecified atom stereocenters. The maximum absolute atomic E-state index is 12.3. The number of aliphatic hydroxyl groups is 1. The van der Waals surface area contributed by atoms with Crippen molar-refractivity contribution in [3.8, 4) is 6.07 Å². The Bertz CT molecular complexity index is 1120. The minimum absolute atomic E-state index is 0.180. The summed E-state index contributed by atoms with van der Waals surface area (Å²) in [6, 6.07) is 10.1. The summed E-state index contributed by atoms with van der Waals surface area (Å²) in [7, 11) is 0. The van der Waals surface area contributed by atoms with Gasteiger partial charge in [-0.05, 0) is 81.9 Å². The van der Waals surface area contributed by atoms with Crippen LogP contribution in [-0.2, 0) is 16.6 Å². The standard InChI is InChI=1S/C16H21N3O.C10H9F3N2O2/c17-11-13-3-4-15(18-12-13)16(20)7-5-14(6-8-16)19-9-1-2-10-19;11-10(12,13)7-3-1-2-6(4-7)9(17)15-5-8(14)16/h3-4,12,14,20H,1-2,5-10H2;1-4H,5H2,(H2,14,16)(H,15,17). The fourth-order valence-corrected chi connectivity index (χ4v) is 4.65. The third kappa shape index (κ3) is 7.74. The van der Waals surface area contributed by atoms with E-state index in [0.717, 1.165) is 43.5 Å². The number of likely N-dealkylation sites (tertiary alicyclic amines) is 1. The van der Waals surface area contributed by atoms with E-state index >= 15 is 0 Å². The number of amides is 2. The van der Waals surface area contributed by atoms with E-state index in [4.69, 9.17) is 11.0 Å². The van der Waals surface area contributed by atoms with Crippen LogP contribution in [0.4, 0.5) is 13.2 Å². The number of carbonyl (C=O) groups excluding carboxylic acids is 2. The van der Waals surface area contributed by atoms with Crippen molar-refractivity contribution >= 4 is 11.8 Å². The van der Waals surface area contributed by atoms with Crippen molar-refractivity contribution in [2.75, 3.05) is 19.6 Å². The van der Waals surface area contributed by atoms with Crippen LogP contribution in [-0.4, -0.2) is 52.5 Å². The smallest absolute Gasteiger partial charge is 0.384 e. The van der Waals surface area contributed by atoms with E-state index in [1.54, 1.807) is 18.3 Å². The molecule has 2 aromatic rings. The Morgan fingerprint density at radius 3 is 2.41 bits per heavy atom. The molecule has 0 spiro atoms. The topological polar surface area (TPSA) is 132 Å². The minimum atomic E-state index is -4.51. The summed E-state index contributed by atoms with van der Waals surface area (Å²) in [6.45, 7) is 2.02. The van der Waals surface area contributed by atoms with Gasteiger partial charge in [-0.3, -0.25) is 14.6 Å². The van der Waals surface area contributed by atoms with E-state index in [1.807, 2.05) is 0 Å². The highest BCUT2D eigenvalue weighted by Crippen LogP contribution is 2.38. The fourth-order valence-electron chi connectivity index (χ4n) is 4.65. The summed E-state index contributed by atoms with van der Waals surface area (Å²) in [4.78, 5) is 28.6. The number of carbonyl (C=O) groups is 2. The summed E-state index contributed by atoms with van der Waals surface area (Å²) in [5.41, 5.74) is 4.14. The quantitative estimate of drug-likeness (QED) is 0.558. The second-order valence-corrected chi connectivity index (χ2v) is 9.28. The second-order valence-electron chi connectivity index (χ2n) is 9.28. The molecule has 37 heavy (non-hydrogen) atoms. The van der Waals surface area contributed by atoms with Gasteiger partial charge >= 0.3 is 6.18 Å². The van der Waals surface area contributed by atoms with Gasteiger partial charge in [0.25, 0.3) is 5.91 Å². The highest BCUT2D eigenvalue weighted by Gasteiger charge is 2.38. The number of nitrogens with one attached hydrogen (secondary N) is 1. The van der Waals surface area contributed by atoms with Gasteiger partial charge in [-0.2, -0.15) is 18.4 Å². The molecular weight excluding hydrogens is 487 g/mol. The first-order valence-corrected chi connectivity index (χ1v) is 12.1. The molecule has 2 amide bonds. The average Bonchev–Trinajstić information content (AvgIpc) is 3.43. The molecule has 1 aliphatic carbocycles. The van der Waals surface area contributed by atoms with E-state index < -0.39 is 35.7 Å². The van der Waals surface area contributed by atoms with Crippen LogP contribution in [0.2, 0.25) is 0 Å². The molecule has 0 bridgehead atoms. The van der Waals surface area contributed by atoms with Gasteiger partial charge in [0.1, 0.15) is 11.7 Å². The van der Waals surface area contributed by atoms with Crippen molar-refractivity contribution in [1.82, 2.24) is 15.2 Å². The largest absolute Gasteiger partial charge is 0.416 e. The van der Waals surface area contributed by atoms with Gasteiger partial charge in [-0.25, -0.2) is 0 Å². The van der Waals surface area contributed by atoms with Gasteiger partial charge in [-0.15, -0.1) is 0 Å². The molecule has 198 valence electrons. The minimum Gasteiger partial charge on any atom is -0.384 e. The first-order chi connectivity index (χ1) is 17.5. The lowest BCUT2D eigenvalue weighted by Crippen LogP contribution is -2.41. The van der Waals surface area contributed by atoms with Crippen molar-refractivity contribution in [1.29, 1.82) is 5.26 Å². The second kappa shape index (κ2) is 12.2. The molecule has 0 atom stereocenters. The average molecular weight is 518 g/mol. The summed E-state index contributed by atoms with van der Waals surface area (Å²) < 4.78 is 37.0.